The SMILES string of the molecule is CC(C)(CCCCn1cc(CC#N)c2ccccc21)[Si](C)(C)O. The Kier molecular flexibility index (Phi) is 5.33. The van der Waals surface area contributed by atoms with Crippen LogP contribution in [0.5, 0.6) is 0 Å². The third-order valence-electron chi connectivity index (χ3n) is 5.25. The predicted molar refractivity (Wildman–Crippen MR) is 98.8 cm³/mol. The number of benzene rings is 1. The molecule has 0 amide bonds. The number of aryl methyl sites for hydroxylation is 1. The third-order valence-corrected chi connectivity index (χ3v) is 8.81. The average Bonchev–Trinajstić information content (AvgIpc) is 2.82. The van der Waals surface area contributed by atoms with Crippen molar-refractivity contribution in [1.82, 2.24) is 4.57 Å². The van der Waals surface area contributed by atoms with Crippen molar-refractivity contribution in [3.05, 3.63) is 36.0 Å². The van der Waals surface area contributed by atoms with Crippen molar-refractivity contribution < 1.29 is 4.80 Å². The van der Waals surface area contributed by atoms with Gasteiger partial charge in [-0.25, -0.2) is 0 Å². The molecule has 1 N–H and O–H groups in total. The molecule has 0 atom stereocenters. The molecule has 0 aliphatic rings. The van der Waals surface area contributed by atoms with Gasteiger partial charge in [-0.1, -0.05) is 38.5 Å². The number of nitrogens with zero attached hydrogens (tertiary/aromatic N) is 2. The van der Waals surface area contributed by atoms with Crippen LogP contribution in [-0.2, 0) is 13.0 Å². The summed E-state index contributed by atoms with van der Waals surface area (Å²) < 4.78 is 2.27. The Labute approximate surface area is 140 Å². The molecule has 2 aromatic rings. The molecule has 0 bridgehead atoms. The Morgan fingerprint density at radius 3 is 2.57 bits per heavy atom. The first-order valence-corrected chi connectivity index (χ1v) is 11.4. The molecular formula is C19H28N2OSi. The second-order valence-electron chi connectivity index (χ2n) is 7.60. The van der Waals surface area contributed by atoms with Gasteiger partial charge in [-0.3, -0.25) is 0 Å². The van der Waals surface area contributed by atoms with Gasteiger partial charge in [0.1, 0.15) is 0 Å². The van der Waals surface area contributed by atoms with Crippen LogP contribution in [0.15, 0.2) is 30.5 Å². The zero-order chi connectivity index (χ0) is 17.1. The zero-order valence-corrected chi connectivity index (χ0v) is 15.8. The number of fused-ring (bicyclic) bond motifs is 1. The van der Waals surface area contributed by atoms with E-state index >= 15 is 0 Å². The second kappa shape index (κ2) is 6.90. The van der Waals surface area contributed by atoms with Crippen molar-refractivity contribution >= 4 is 19.2 Å². The van der Waals surface area contributed by atoms with E-state index in [9.17, 15) is 4.80 Å². The van der Waals surface area contributed by atoms with Crippen LogP contribution in [0.25, 0.3) is 10.9 Å². The fourth-order valence-electron chi connectivity index (χ4n) is 2.89. The first-order valence-electron chi connectivity index (χ1n) is 8.42. The van der Waals surface area contributed by atoms with Gasteiger partial charge in [-0.05, 0) is 42.6 Å². The van der Waals surface area contributed by atoms with Gasteiger partial charge < -0.3 is 9.36 Å². The lowest BCUT2D eigenvalue weighted by atomic mass is 10.1. The van der Waals surface area contributed by atoms with Crippen LogP contribution in [0.3, 0.4) is 0 Å². The molecule has 0 aliphatic carbocycles. The molecule has 1 heterocycles. The highest BCUT2D eigenvalue weighted by atomic mass is 28.4. The zero-order valence-electron chi connectivity index (χ0n) is 14.8. The lowest BCUT2D eigenvalue weighted by Gasteiger charge is -2.35. The molecular weight excluding hydrogens is 300 g/mol. The van der Waals surface area contributed by atoms with Gasteiger partial charge in [-0.15, -0.1) is 0 Å². The minimum Gasteiger partial charge on any atom is -0.432 e. The number of nitriles is 1. The highest BCUT2D eigenvalue weighted by Crippen LogP contribution is 2.40. The molecule has 0 fully saturated rings. The molecule has 0 aliphatic heterocycles. The predicted octanol–water partition coefficient (Wildman–Crippen LogP) is 4.86. The Balaban J connectivity index is 2.02. The van der Waals surface area contributed by atoms with Crippen molar-refractivity contribution in [2.24, 2.45) is 0 Å². The van der Waals surface area contributed by atoms with E-state index in [0.29, 0.717) is 6.42 Å². The molecule has 4 heteroatoms. The van der Waals surface area contributed by atoms with Crippen LogP contribution in [0, 0.1) is 11.3 Å². The standard InChI is InChI=1S/C19H28N2OSi/c1-19(2,23(3,4)22)12-7-8-14-21-15-16(11-13-20)17-9-5-6-10-18(17)21/h5-6,9-10,15,22H,7-8,11-12,14H2,1-4H3. The Bertz CT molecular complexity index is 704. The summed E-state index contributed by atoms with van der Waals surface area (Å²) in [5.41, 5.74) is 2.33. The number of hydrogen-bond donors (Lipinski definition) is 1. The summed E-state index contributed by atoms with van der Waals surface area (Å²) in [5, 5.41) is 10.2. The molecule has 0 saturated carbocycles. The van der Waals surface area contributed by atoms with Gasteiger partial charge in [-0.2, -0.15) is 5.26 Å². The Morgan fingerprint density at radius 2 is 1.91 bits per heavy atom. The van der Waals surface area contributed by atoms with Crippen LogP contribution >= 0.6 is 0 Å². The van der Waals surface area contributed by atoms with Gasteiger partial charge in [0.25, 0.3) is 0 Å². The van der Waals surface area contributed by atoms with Gasteiger partial charge in [0, 0.05) is 23.6 Å². The second-order valence-corrected chi connectivity index (χ2v) is 12.1. The normalized spacial score (nSPS) is 12.5. The number of aromatic nitrogens is 1. The maximum absolute atomic E-state index is 10.4. The summed E-state index contributed by atoms with van der Waals surface area (Å²) in [7, 11) is -2.11. The van der Waals surface area contributed by atoms with Crippen molar-refractivity contribution in [3.63, 3.8) is 0 Å². The van der Waals surface area contributed by atoms with Gasteiger partial charge in [0.15, 0.2) is 8.32 Å². The van der Waals surface area contributed by atoms with E-state index in [0.717, 1.165) is 31.4 Å². The van der Waals surface area contributed by atoms with E-state index in [-0.39, 0.29) is 5.04 Å². The summed E-state index contributed by atoms with van der Waals surface area (Å²) >= 11 is 0. The van der Waals surface area contributed by atoms with Crippen LogP contribution in [0.2, 0.25) is 18.1 Å². The fourth-order valence-corrected chi connectivity index (χ4v) is 3.68. The maximum Gasteiger partial charge on any atom is 0.188 e. The topological polar surface area (TPSA) is 49.0 Å². The van der Waals surface area contributed by atoms with Crippen molar-refractivity contribution in [1.29, 1.82) is 5.26 Å². The maximum atomic E-state index is 10.4. The summed E-state index contributed by atoms with van der Waals surface area (Å²) in [6, 6.07) is 10.6. The molecule has 23 heavy (non-hydrogen) atoms. The summed E-state index contributed by atoms with van der Waals surface area (Å²) in [4.78, 5) is 10.4. The molecule has 0 saturated heterocycles. The molecule has 0 unspecified atom stereocenters. The number of hydrogen-bond acceptors (Lipinski definition) is 2. The fraction of sp³-hybridized carbons (Fsp3) is 0.526. The van der Waals surface area contributed by atoms with Crippen LogP contribution in [0.4, 0.5) is 0 Å². The average molecular weight is 329 g/mol. The smallest absolute Gasteiger partial charge is 0.188 e. The lowest BCUT2D eigenvalue weighted by Crippen LogP contribution is -2.38. The third kappa shape index (κ3) is 4.04. The van der Waals surface area contributed by atoms with Crippen molar-refractivity contribution in [2.45, 2.75) is 64.2 Å². The summed E-state index contributed by atoms with van der Waals surface area (Å²) in [6.45, 7) is 9.40. The van der Waals surface area contributed by atoms with Gasteiger partial charge >= 0.3 is 0 Å². The largest absolute Gasteiger partial charge is 0.432 e. The summed E-state index contributed by atoms with van der Waals surface area (Å²) in [6.07, 6.45) is 5.87. The van der Waals surface area contributed by atoms with Crippen LogP contribution in [0.1, 0.15) is 38.7 Å². The van der Waals surface area contributed by atoms with E-state index in [1.807, 2.05) is 19.2 Å². The number of unbranched alkanes of at least 4 members (excludes halogenated alkanes) is 1. The molecule has 2 rings (SSSR count). The molecule has 0 radical (unpaired) electrons. The van der Waals surface area contributed by atoms with E-state index in [4.69, 9.17) is 5.26 Å². The quantitative estimate of drug-likeness (QED) is 0.583. The van der Waals surface area contributed by atoms with E-state index in [1.54, 1.807) is 0 Å². The Hall–Kier alpha value is -1.57. The van der Waals surface area contributed by atoms with E-state index in [1.165, 1.54) is 10.9 Å². The number of rotatable bonds is 7. The van der Waals surface area contributed by atoms with Gasteiger partial charge in [0.2, 0.25) is 0 Å². The Morgan fingerprint density at radius 1 is 1.22 bits per heavy atom. The van der Waals surface area contributed by atoms with Crippen LogP contribution < -0.4 is 0 Å². The molecule has 1 aromatic heterocycles. The van der Waals surface area contributed by atoms with Gasteiger partial charge in [0.05, 0.1) is 12.5 Å². The lowest BCUT2D eigenvalue weighted by molar-refractivity contribution is 0.433. The number of para-hydroxylation sites is 1. The first kappa shape index (κ1) is 17.8. The molecule has 1 aromatic carbocycles. The van der Waals surface area contributed by atoms with E-state index < -0.39 is 8.32 Å². The van der Waals surface area contributed by atoms with Crippen molar-refractivity contribution in [2.75, 3.05) is 0 Å². The highest BCUT2D eigenvalue weighted by molar-refractivity contribution is 6.72. The summed E-state index contributed by atoms with van der Waals surface area (Å²) in [5.74, 6) is 0. The van der Waals surface area contributed by atoms with Crippen LogP contribution in [-0.4, -0.2) is 17.7 Å². The minimum absolute atomic E-state index is 0.0533. The van der Waals surface area contributed by atoms with E-state index in [2.05, 4.69) is 48.9 Å². The first-order chi connectivity index (χ1) is 10.8. The minimum atomic E-state index is -2.11. The van der Waals surface area contributed by atoms with Crippen molar-refractivity contribution in [3.8, 4) is 6.07 Å². The molecule has 3 nitrogen and oxygen atoms in total. The molecule has 0 spiro atoms. The monoisotopic (exact) mass is 328 g/mol. The molecule has 124 valence electrons. The highest BCUT2D eigenvalue weighted by Gasteiger charge is 2.37.